The molecular weight excluding hydrogens is 640 g/mol. The predicted octanol–water partition coefficient (Wildman–Crippen LogP) is 5.14. The van der Waals surface area contributed by atoms with E-state index in [1.807, 2.05) is 0 Å². The highest BCUT2D eigenvalue weighted by molar-refractivity contribution is 5.79. The molecule has 19 atom stereocenters. The van der Waals surface area contributed by atoms with Crippen molar-refractivity contribution in [1.29, 1.82) is 0 Å². The molecular formula is C40H56O10. The van der Waals surface area contributed by atoms with Crippen molar-refractivity contribution in [2.45, 2.75) is 195 Å². The lowest BCUT2D eigenvalue weighted by Crippen LogP contribution is -2.61. The SMILES string of the molecule is C=C1C[C@@H]2CC[C@@]34C[C@H]5O[C@@H]6C(O[C@H]7CC[C@H](CC(=O)C[C@@H]8[C@@H](C)[C@@H](C[C@H]9CO9)O[C@H]8C[C@H]8O[C@@H](CC[C@@H]1O2)C[C@@H](C)C8=C)O[C@@H]7[C@@H]6O3)[C@H]5O4. The summed E-state index contributed by atoms with van der Waals surface area (Å²) in [5, 5.41) is 0. The minimum absolute atomic E-state index is 0.0297. The zero-order chi connectivity index (χ0) is 33.9. The number of hydrogen-bond acceptors (Lipinski definition) is 10. The topological polar surface area (TPSA) is 103 Å². The first kappa shape index (κ1) is 33.4. The number of epoxide rings is 1. The van der Waals surface area contributed by atoms with Crippen molar-refractivity contribution in [3.63, 3.8) is 0 Å². The zero-order valence-corrected chi connectivity index (χ0v) is 29.8. The maximum absolute atomic E-state index is 14.0. The molecule has 11 aliphatic heterocycles. The Morgan fingerprint density at radius 2 is 1.46 bits per heavy atom. The standard InChI is InChI=1S/C40H56O10/c1-19-11-24-5-7-29-20(2)12-26(43-29)9-10-40-17-34-36(49-40)37-38(48-34)39(50-40)35-30(47-37)8-6-25(45-35)13-23(41)14-28-22(4)31(15-27-18-42-27)46-33(28)16-32(44-24)21(19)3/h19,22,24-39H,2-3,5-18H2,1,4H3/t19-,22-,24+,25-,26+,27+,28-,29+,30+,31-,32-,33+,34-,35+,36+,37?,38-,39+,40+/m1/s1. The van der Waals surface area contributed by atoms with Crippen LogP contribution in [0.1, 0.15) is 97.3 Å². The molecule has 0 radical (unpaired) electrons. The molecule has 0 saturated carbocycles. The van der Waals surface area contributed by atoms with Crippen LogP contribution in [0.2, 0.25) is 0 Å². The van der Waals surface area contributed by atoms with E-state index in [0.29, 0.717) is 25.2 Å². The van der Waals surface area contributed by atoms with Gasteiger partial charge in [0.2, 0.25) is 0 Å². The number of carbonyl (C=O) groups excluding carboxylic acids is 1. The van der Waals surface area contributed by atoms with Gasteiger partial charge in [-0.2, -0.15) is 0 Å². The van der Waals surface area contributed by atoms with Gasteiger partial charge < -0.3 is 42.6 Å². The molecule has 0 aromatic rings. The van der Waals surface area contributed by atoms with Gasteiger partial charge in [0.25, 0.3) is 0 Å². The number of fused-ring (bicyclic) bond motifs is 6. The van der Waals surface area contributed by atoms with Gasteiger partial charge in [-0.15, -0.1) is 0 Å². The minimum atomic E-state index is -0.743. The van der Waals surface area contributed by atoms with Gasteiger partial charge in [0.05, 0.1) is 67.6 Å². The molecule has 11 saturated heterocycles. The molecule has 12 bridgehead atoms. The Labute approximate surface area is 296 Å². The zero-order valence-electron chi connectivity index (χ0n) is 29.8. The Balaban J connectivity index is 0.925. The summed E-state index contributed by atoms with van der Waals surface area (Å²) < 4.78 is 59.9. The van der Waals surface area contributed by atoms with Crippen LogP contribution in [0.3, 0.4) is 0 Å². The molecule has 0 N–H and O–H groups in total. The predicted molar refractivity (Wildman–Crippen MR) is 179 cm³/mol. The van der Waals surface area contributed by atoms with Crippen molar-refractivity contribution >= 4 is 5.78 Å². The monoisotopic (exact) mass is 696 g/mol. The van der Waals surface area contributed by atoms with Gasteiger partial charge >= 0.3 is 0 Å². The van der Waals surface area contributed by atoms with Crippen LogP contribution in [0.4, 0.5) is 0 Å². The van der Waals surface area contributed by atoms with Crippen molar-refractivity contribution in [3.8, 4) is 0 Å². The van der Waals surface area contributed by atoms with Crippen LogP contribution in [0.15, 0.2) is 24.3 Å². The maximum atomic E-state index is 14.0. The molecule has 1 spiro atoms. The summed E-state index contributed by atoms with van der Waals surface area (Å²) >= 11 is 0. The third-order valence-corrected chi connectivity index (χ3v) is 14.3. The van der Waals surface area contributed by atoms with Crippen LogP contribution in [-0.4, -0.2) is 110 Å². The summed E-state index contributed by atoms with van der Waals surface area (Å²) in [5.41, 5.74) is 2.32. The van der Waals surface area contributed by atoms with Crippen molar-refractivity contribution in [2.24, 2.45) is 17.8 Å². The maximum Gasteiger partial charge on any atom is 0.172 e. The van der Waals surface area contributed by atoms with Crippen molar-refractivity contribution < 1.29 is 47.4 Å². The molecule has 1 unspecified atom stereocenters. The normalized spacial score (nSPS) is 55.9. The highest BCUT2D eigenvalue weighted by Gasteiger charge is 2.68. The molecule has 50 heavy (non-hydrogen) atoms. The van der Waals surface area contributed by atoms with E-state index in [2.05, 4.69) is 27.0 Å². The molecule has 10 nitrogen and oxygen atoms in total. The molecule has 276 valence electrons. The van der Waals surface area contributed by atoms with Crippen LogP contribution in [0, 0.1) is 17.8 Å². The molecule has 0 aliphatic carbocycles. The molecule has 0 aromatic heterocycles. The lowest BCUT2D eigenvalue weighted by Gasteiger charge is -2.47. The minimum Gasteiger partial charge on any atom is -0.374 e. The average molecular weight is 697 g/mol. The second kappa shape index (κ2) is 12.7. The number of carbonyl (C=O) groups is 1. The van der Waals surface area contributed by atoms with E-state index in [4.69, 9.17) is 42.6 Å². The summed E-state index contributed by atoms with van der Waals surface area (Å²) in [6, 6.07) is 0. The number of ketones is 1. The summed E-state index contributed by atoms with van der Waals surface area (Å²) in [6.45, 7) is 14.3. The van der Waals surface area contributed by atoms with Crippen molar-refractivity contribution in [1.82, 2.24) is 0 Å². The van der Waals surface area contributed by atoms with E-state index >= 15 is 0 Å². The van der Waals surface area contributed by atoms with E-state index < -0.39 is 5.79 Å². The Kier molecular flexibility index (Phi) is 8.47. The van der Waals surface area contributed by atoms with Crippen LogP contribution in [0.25, 0.3) is 0 Å². The third-order valence-electron chi connectivity index (χ3n) is 14.3. The quantitative estimate of drug-likeness (QED) is 0.285. The smallest absolute Gasteiger partial charge is 0.172 e. The molecule has 11 heterocycles. The molecule has 0 amide bonds. The molecule has 11 rings (SSSR count). The fourth-order valence-electron chi connectivity index (χ4n) is 11.4. The lowest BCUT2D eigenvalue weighted by atomic mass is 9.79. The summed E-state index contributed by atoms with van der Waals surface area (Å²) in [4.78, 5) is 14.0. The Hall–Kier alpha value is -1.21. The number of rotatable bonds is 2. The molecule has 0 aromatic carbocycles. The van der Waals surface area contributed by atoms with Gasteiger partial charge in [-0.05, 0) is 73.8 Å². The number of ether oxygens (including phenoxy) is 9. The first-order valence-corrected chi connectivity index (χ1v) is 20.0. The van der Waals surface area contributed by atoms with Crippen LogP contribution < -0.4 is 0 Å². The van der Waals surface area contributed by atoms with Crippen LogP contribution in [0.5, 0.6) is 0 Å². The van der Waals surface area contributed by atoms with Gasteiger partial charge in [0.15, 0.2) is 5.79 Å². The molecule has 11 fully saturated rings. The van der Waals surface area contributed by atoms with Gasteiger partial charge in [-0.1, -0.05) is 27.0 Å². The number of Topliss-reactive ketones (excluding diaryl/α,β-unsaturated/α-hetero) is 1. The lowest BCUT2D eigenvalue weighted by molar-refractivity contribution is -0.292. The van der Waals surface area contributed by atoms with E-state index in [1.54, 1.807) is 0 Å². The van der Waals surface area contributed by atoms with Gasteiger partial charge in [0, 0.05) is 38.5 Å². The van der Waals surface area contributed by atoms with Crippen molar-refractivity contribution in [3.05, 3.63) is 24.3 Å². The first-order valence-electron chi connectivity index (χ1n) is 20.0. The van der Waals surface area contributed by atoms with E-state index in [0.717, 1.165) is 76.4 Å². The van der Waals surface area contributed by atoms with E-state index in [-0.39, 0.29) is 109 Å². The summed E-state index contributed by atoms with van der Waals surface area (Å²) in [5.74, 6) is 0.213. The molecule has 11 aliphatic rings. The molecule has 10 heteroatoms. The number of hydrogen-bond donors (Lipinski definition) is 0. The van der Waals surface area contributed by atoms with Gasteiger partial charge in [0.1, 0.15) is 36.3 Å². The third kappa shape index (κ3) is 5.91. The van der Waals surface area contributed by atoms with Gasteiger partial charge in [-0.25, -0.2) is 0 Å². The Morgan fingerprint density at radius 3 is 2.32 bits per heavy atom. The van der Waals surface area contributed by atoms with E-state index in [1.165, 1.54) is 5.57 Å². The second-order valence-electron chi connectivity index (χ2n) is 17.7. The van der Waals surface area contributed by atoms with E-state index in [9.17, 15) is 4.79 Å². The largest absolute Gasteiger partial charge is 0.374 e. The van der Waals surface area contributed by atoms with Crippen LogP contribution in [-0.2, 0) is 47.4 Å². The van der Waals surface area contributed by atoms with Crippen LogP contribution >= 0.6 is 0 Å². The fourth-order valence-corrected chi connectivity index (χ4v) is 11.4. The van der Waals surface area contributed by atoms with Gasteiger partial charge in [-0.3, -0.25) is 4.79 Å². The summed E-state index contributed by atoms with van der Waals surface area (Å²) in [7, 11) is 0. The summed E-state index contributed by atoms with van der Waals surface area (Å²) in [6.07, 6.45) is 9.05. The Morgan fingerprint density at radius 1 is 0.700 bits per heavy atom. The highest BCUT2D eigenvalue weighted by Crippen LogP contribution is 2.54. The Bertz CT molecular complexity index is 1370. The average Bonchev–Trinajstić information content (AvgIpc) is 3.58. The fraction of sp³-hybridized carbons (Fsp3) is 0.875. The first-order chi connectivity index (χ1) is 24.2. The highest BCUT2D eigenvalue weighted by atomic mass is 16.8. The second-order valence-corrected chi connectivity index (χ2v) is 17.7. The van der Waals surface area contributed by atoms with Crippen molar-refractivity contribution in [2.75, 3.05) is 6.61 Å².